The Morgan fingerprint density at radius 2 is 1.77 bits per heavy atom. The molecule has 22 heavy (non-hydrogen) atoms. The minimum atomic E-state index is 0.0982. The van der Waals surface area contributed by atoms with Gasteiger partial charge in [0.25, 0.3) is 0 Å². The number of nitrogens with zero attached hydrogens (tertiary/aromatic N) is 1. The SMILES string of the molecule is CC12Cc3ccccc3CN1CCc1c2[nH]c2ccccc12. The van der Waals surface area contributed by atoms with Gasteiger partial charge in [-0.25, -0.2) is 0 Å². The van der Waals surface area contributed by atoms with Gasteiger partial charge >= 0.3 is 0 Å². The number of hydrogen-bond acceptors (Lipinski definition) is 1. The second-order valence-corrected chi connectivity index (χ2v) is 6.92. The number of aromatic nitrogens is 1. The summed E-state index contributed by atoms with van der Waals surface area (Å²) >= 11 is 0. The first-order valence-electron chi connectivity index (χ1n) is 8.17. The van der Waals surface area contributed by atoms with Crippen molar-refractivity contribution in [1.29, 1.82) is 0 Å². The Kier molecular flexibility index (Phi) is 2.40. The topological polar surface area (TPSA) is 19.0 Å². The standard InChI is InChI=1S/C20H20N2/c1-20-12-14-6-2-3-7-15(14)13-22(20)11-10-17-16-8-4-5-9-18(16)21-19(17)20/h2-9,21H,10-13H2,1H3. The highest BCUT2D eigenvalue weighted by Gasteiger charge is 2.43. The highest BCUT2D eigenvalue weighted by atomic mass is 15.2. The highest BCUT2D eigenvalue weighted by molar-refractivity contribution is 5.85. The molecule has 3 aromatic rings. The van der Waals surface area contributed by atoms with E-state index in [1.165, 1.54) is 33.3 Å². The molecule has 0 radical (unpaired) electrons. The maximum absolute atomic E-state index is 3.74. The molecule has 0 amide bonds. The summed E-state index contributed by atoms with van der Waals surface area (Å²) < 4.78 is 0. The summed E-state index contributed by atoms with van der Waals surface area (Å²) in [5.74, 6) is 0. The van der Waals surface area contributed by atoms with Gasteiger partial charge in [-0.3, -0.25) is 4.90 Å². The van der Waals surface area contributed by atoms with E-state index in [1.54, 1.807) is 0 Å². The first-order valence-corrected chi connectivity index (χ1v) is 8.17. The van der Waals surface area contributed by atoms with Gasteiger partial charge in [-0.05, 0) is 42.5 Å². The van der Waals surface area contributed by atoms with Gasteiger partial charge in [-0.2, -0.15) is 0 Å². The summed E-state index contributed by atoms with van der Waals surface area (Å²) in [5, 5.41) is 1.41. The maximum atomic E-state index is 3.74. The van der Waals surface area contributed by atoms with Crippen molar-refractivity contribution in [1.82, 2.24) is 9.88 Å². The summed E-state index contributed by atoms with van der Waals surface area (Å²) in [5.41, 5.74) is 7.37. The normalized spacial score (nSPS) is 23.9. The van der Waals surface area contributed by atoms with E-state index in [4.69, 9.17) is 0 Å². The average Bonchev–Trinajstić information content (AvgIpc) is 2.93. The second kappa shape index (κ2) is 4.23. The zero-order chi connectivity index (χ0) is 14.7. The summed E-state index contributed by atoms with van der Waals surface area (Å²) in [7, 11) is 0. The van der Waals surface area contributed by atoms with Crippen molar-refractivity contribution in [3.8, 4) is 0 Å². The van der Waals surface area contributed by atoms with Crippen LogP contribution >= 0.6 is 0 Å². The van der Waals surface area contributed by atoms with E-state index in [2.05, 4.69) is 65.3 Å². The zero-order valence-corrected chi connectivity index (χ0v) is 12.9. The van der Waals surface area contributed by atoms with Crippen LogP contribution in [0.3, 0.4) is 0 Å². The van der Waals surface area contributed by atoms with Gasteiger partial charge < -0.3 is 4.98 Å². The highest BCUT2D eigenvalue weighted by Crippen LogP contribution is 2.44. The minimum absolute atomic E-state index is 0.0982. The van der Waals surface area contributed by atoms with Gasteiger partial charge in [0.2, 0.25) is 0 Å². The maximum Gasteiger partial charge on any atom is 0.0629 e. The van der Waals surface area contributed by atoms with Crippen molar-refractivity contribution in [3.05, 3.63) is 70.9 Å². The summed E-state index contributed by atoms with van der Waals surface area (Å²) in [6.07, 6.45) is 2.25. The largest absolute Gasteiger partial charge is 0.357 e. The first kappa shape index (κ1) is 12.5. The van der Waals surface area contributed by atoms with Crippen LogP contribution in [-0.2, 0) is 24.9 Å². The number of nitrogens with one attached hydrogen (secondary N) is 1. The van der Waals surface area contributed by atoms with Gasteiger partial charge in [0.15, 0.2) is 0 Å². The molecule has 110 valence electrons. The molecule has 0 saturated carbocycles. The third-order valence-electron chi connectivity index (χ3n) is 5.70. The Morgan fingerprint density at radius 3 is 2.68 bits per heavy atom. The van der Waals surface area contributed by atoms with Crippen molar-refractivity contribution in [2.24, 2.45) is 0 Å². The van der Waals surface area contributed by atoms with Crippen LogP contribution in [0.1, 0.15) is 29.3 Å². The molecule has 2 aromatic carbocycles. The Bertz CT molecular complexity index is 876. The molecule has 2 aliphatic heterocycles. The summed E-state index contributed by atoms with van der Waals surface area (Å²) in [6.45, 7) is 4.64. The lowest BCUT2D eigenvalue weighted by Gasteiger charge is -2.48. The zero-order valence-electron chi connectivity index (χ0n) is 12.9. The summed E-state index contributed by atoms with van der Waals surface area (Å²) in [6, 6.07) is 17.7. The van der Waals surface area contributed by atoms with Gasteiger partial charge in [-0.1, -0.05) is 42.5 Å². The number of rotatable bonds is 0. The molecule has 1 atom stereocenters. The monoisotopic (exact) mass is 288 g/mol. The van der Waals surface area contributed by atoms with Crippen LogP contribution in [0.5, 0.6) is 0 Å². The van der Waals surface area contributed by atoms with E-state index >= 15 is 0 Å². The summed E-state index contributed by atoms with van der Waals surface area (Å²) in [4.78, 5) is 6.40. The number of para-hydroxylation sites is 1. The van der Waals surface area contributed by atoms with Crippen LogP contribution in [0.4, 0.5) is 0 Å². The van der Waals surface area contributed by atoms with Crippen molar-refractivity contribution < 1.29 is 0 Å². The lowest BCUT2D eigenvalue weighted by Crippen LogP contribution is -2.52. The number of fused-ring (bicyclic) bond motifs is 6. The molecule has 2 nitrogen and oxygen atoms in total. The third kappa shape index (κ3) is 1.53. The number of hydrogen-bond donors (Lipinski definition) is 1. The van der Waals surface area contributed by atoms with Crippen LogP contribution < -0.4 is 0 Å². The van der Waals surface area contributed by atoms with Crippen molar-refractivity contribution in [2.75, 3.05) is 6.54 Å². The quantitative estimate of drug-likeness (QED) is 0.662. The van der Waals surface area contributed by atoms with Crippen LogP contribution in [-0.4, -0.2) is 16.4 Å². The molecule has 0 saturated heterocycles. The molecule has 2 aliphatic rings. The van der Waals surface area contributed by atoms with E-state index in [0.717, 1.165) is 25.9 Å². The fraction of sp³-hybridized carbons (Fsp3) is 0.300. The molecule has 1 aromatic heterocycles. The smallest absolute Gasteiger partial charge is 0.0629 e. The number of aromatic amines is 1. The molecular formula is C20H20N2. The average molecular weight is 288 g/mol. The van der Waals surface area contributed by atoms with Crippen LogP contribution in [0.15, 0.2) is 48.5 Å². The molecule has 1 unspecified atom stereocenters. The molecule has 1 N–H and O–H groups in total. The van der Waals surface area contributed by atoms with Crippen molar-refractivity contribution >= 4 is 10.9 Å². The Morgan fingerprint density at radius 1 is 1.00 bits per heavy atom. The van der Waals surface area contributed by atoms with Crippen molar-refractivity contribution in [2.45, 2.75) is 31.8 Å². The first-order chi connectivity index (χ1) is 10.8. The minimum Gasteiger partial charge on any atom is -0.357 e. The number of H-pyrrole nitrogens is 1. The van der Waals surface area contributed by atoms with E-state index in [9.17, 15) is 0 Å². The van der Waals surface area contributed by atoms with E-state index in [1.807, 2.05) is 0 Å². The van der Waals surface area contributed by atoms with Crippen LogP contribution in [0.2, 0.25) is 0 Å². The molecule has 3 heterocycles. The Hall–Kier alpha value is -2.06. The molecule has 0 aliphatic carbocycles. The van der Waals surface area contributed by atoms with Gasteiger partial charge in [0.05, 0.1) is 5.54 Å². The van der Waals surface area contributed by atoms with Gasteiger partial charge in [0.1, 0.15) is 0 Å². The fourth-order valence-electron chi connectivity index (χ4n) is 4.49. The predicted molar refractivity (Wildman–Crippen MR) is 89.9 cm³/mol. The lowest BCUT2D eigenvalue weighted by molar-refractivity contribution is 0.0656. The Balaban J connectivity index is 1.73. The van der Waals surface area contributed by atoms with E-state index in [-0.39, 0.29) is 5.54 Å². The van der Waals surface area contributed by atoms with Crippen LogP contribution in [0.25, 0.3) is 10.9 Å². The second-order valence-electron chi connectivity index (χ2n) is 6.92. The molecule has 0 spiro atoms. The predicted octanol–water partition coefficient (Wildman–Crippen LogP) is 4.00. The van der Waals surface area contributed by atoms with E-state index in [0.29, 0.717) is 0 Å². The molecular weight excluding hydrogens is 268 g/mol. The fourth-order valence-corrected chi connectivity index (χ4v) is 4.49. The molecule has 0 fully saturated rings. The van der Waals surface area contributed by atoms with E-state index < -0.39 is 0 Å². The van der Waals surface area contributed by atoms with Gasteiger partial charge in [-0.15, -0.1) is 0 Å². The van der Waals surface area contributed by atoms with Crippen LogP contribution in [0, 0.1) is 0 Å². The Labute approximate surface area is 130 Å². The lowest BCUT2D eigenvalue weighted by atomic mass is 9.77. The van der Waals surface area contributed by atoms with Crippen molar-refractivity contribution in [3.63, 3.8) is 0 Å². The molecule has 5 rings (SSSR count). The van der Waals surface area contributed by atoms with Gasteiger partial charge in [0, 0.05) is 29.7 Å². The number of benzene rings is 2. The molecule has 0 bridgehead atoms. The third-order valence-corrected chi connectivity index (χ3v) is 5.70. The molecule has 2 heteroatoms.